The summed E-state index contributed by atoms with van der Waals surface area (Å²) in [5, 5.41) is 0. The van der Waals surface area contributed by atoms with Gasteiger partial charge in [-0.25, -0.2) is 4.98 Å². The molecule has 0 saturated heterocycles. The summed E-state index contributed by atoms with van der Waals surface area (Å²) in [7, 11) is -1.03. The third-order valence-electron chi connectivity index (χ3n) is 3.32. The zero-order chi connectivity index (χ0) is 15.3. The molecule has 3 nitrogen and oxygen atoms in total. The summed E-state index contributed by atoms with van der Waals surface area (Å²) in [6.45, 7) is 9.21. The van der Waals surface area contributed by atoms with Crippen LogP contribution in [-0.4, -0.2) is 37.8 Å². The van der Waals surface area contributed by atoms with Crippen molar-refractivity contribution in [2.24, 2.45) is 0 Å². The van der Waals surface area contributed by atoms with Gasteiger partial charge in [0.1, 0.15) is 6.73 Å². The molecule has 0 aliphatic carbocycles. The molecule has 1 aliphatic rings. The molecule has 0 amide bonds. The number of rotatable bonds is 6. The van der Waals surface area contributed by atoms with Crippen molar-refractivity contribution in [2.45, 2.75) is 25.7 Å². The van der Waals surface area contributed by atoms with Crippen LogP contribution < -0.4 is 0 Å². The first kappa shape index (κ1) is 15.9. The number of aromatic nitrogens is 1. The van der Waals surface area contributed by atoms with Crippen molar-refractivity contribution in [3.63, 3.8) is 0 Å². The lowest BCUT2D eigenvalue weighted by Gasteiger charge is -2.25. The summed E-state index contributed by atoms with van der Waals surface area (Å²) in [5.74, 6) is -0.447. The standard InChI is InChI=1S/C16H23FN2OSi/c1-21(2,3)10-9-20-13-19-8-4-5-15(12-19)14-6-7-16(17)18-11-14/h4-8,11H,9-10,12-13H2,1-3H3. The quantitative estimate of drug-likeness (QED) is 0.455. The largest absolute Gasteiger partial charge is 0.361 e. The summed E-state index contributed by atoms with van der Waals surface area (Å²) in [6, 6.07) is 4.33. The number of hydrogen-bond acceptors (Lipinski definition) is 3. The van der Waals surface area contributed by atoms with E-state index in [1.807, 2.05) is 18.4 Å². The normalized spacial score (nSPS) is 15.2. The van der Waals surface area contributed by atoms with Crippen LogP contribution in [0.15, 0.2) is 36.7 Å². The minimum atomic E-state index is -1.03. The third-order valence-corrected chi connectivity index (χ3v) is 5.02. The summed E-state index contributed by atoms with van der Waals surface area (Å²) < 4.78 is 18.6. The van der Waals surface area contributed by atoms with Gasteiger partial charge in [0.15, 0.2) is 0 Å². The van der Waals surface area contributed by atoms with Crippen LogP contribution in [0.4, 0.5) is 4.39 Å². The first-order valence-corrected chi connectivity index (χ1v) is 11.0. The summed E-state index contributed by atoms with van der Waals surface area (Å²) in [4.78, 5) is 5.82. The van der Waals surface area contributed by atoms with Gasteiger partial charge in [-0.15, -0.1) is 0 Å². The van der Waals surface area contributed by atoms with E-state index in [0.717, 1.165) is 24.3 Å². The second-order valence-corrected chi connectivity index (χ2v) is 12.1. The molecule has 2 rings (SSSR count). The van der Waals surface area contributed by atoms with E-state index in [9.17, 15) is 4.39 Å². The number of hydrogen-bond donors (Lipinski definition) is 0. The first-order valence-electron chi connectivity index (χ1n) is 7.25. The molecular formula is C16H23FN2OSi. The van der Waals surface area contributed by atoms with Crippen LogP contribution in [0.2, 0.25) is 25.7 Å². The number of ether oxygens (including phenoxy) is 1. The highest BCUT2D eigenvalue weighted by atomic mass is 28.3. The second kappa shape index (κ2) is 7.00. The van der Waals surface area contributed by atoms with Crippen LogP contribution in [0.25, 0.3) is 5.57 Å². The summed E-state index contributed by atoms with van der Waals surface area (Å²) in [5.41, 5.74) is 2.08. The molecule has 5 heteroatoms. The molecule has 1 aliphatic heterocycles. The van der Waals surface area contributed by atoms with Crippen molar-refractivity contribution >= 4 is 13.6 Å². The Kier molecular flexibility index (Phi) is 5.31. The number of pyridine rings is 1. The molecule has 0 radical (unpaired) electrons. The lowest BCUT2D eigenvalue weighted by Crippen LogP contribution is -2.27. The average molecular weight is 306 g/mol. The average Bonchev–Trinajstić information content (AvgIpc) is 2.44. The van der Waals surface area contributed by atoms with Gasteiger partial charge in [-0.05, 0) is 35.4 Å². The highest BCUT2D eigenvalue weighted by Crippen LogP contribution is 2.19. The Balaban J connectivity index is 1.82. The molecule has 0 fully saturated rings. The number of nitrogens with zero attached hydrogens (tertiary/aromatic N) is 2. The Morgan fingerprint density at radius 3 is 2.81 bits per heavy atom. The molecule has 1 aromatic heterocycles. The van der Waals surface area contributed by atoms with Crippen molar-refractivity contribution in [1.29, 1.82) is 0 Å². The molecule has 0 N–H and O–H groups in total. The van der Waals surface area contributed by atoms with E-state index in [1.54, 1.807) is 12.3 Å². The SMILES string of the molecule is C[Si](C)(C)CCOCN1C=CC=C(c2ccc(F)nc2)C1. The van der Waals surface area contributed by atoms with E-state index >= 15 is 0 Å². The molecule has 1 aromatic rings. The predicted molar refractivity (Wildman–Crippen MR) is 87.0 cm³/mol. The van der Waals surface area contributed by atoms with Gasteiger partial charge in [0.25, 0.3) is 0 Å². The lowest BCUT2D eigenvalue weighted by molar-refractivity contribution is 0.0683. The first-order chi connectivity index (χ1) is 9.94. The van der Waals surface area contributed by atoms with Gasteiger partial charge in [-0.1, -0.05) is 25.7 Å². The van der Waals surface area contributed by atoms with Crippen molar-refractivity contribution in [3.05, 3.63) is 48.2 Å². The van der Waals surface area contributed by atoms with Gasteiger partial charge in [0.2, 0.25) is 5.95 Å². The smallest absolute Gasteiger partial charge is 0.212 e. The Hall–Kier alpha value is -1.46. The molecule has 0 unspecified atom stereocenters. The van der Waals surface area contributed by atoms with Crippen LogP contribution in [0.1, 0.15) is 5.56 Å². The minimum absolute atomic E-state index is 0.447. The minimum Gasteiger partial charge on any atom is -0.361 e. The third kappa shape index (κ3) is 5.44. The van der Waals surface area contributed by atoms with Crippen molar-refractivity contribution in [1.82, 2.24) is 9.88 Å². The van der Waals surface area contributed by atoms with E-state index < -0.39 is 14.0 Å². The van der Waals surface area contributed by atoms with E-state index in [1.165, 1.54) is 12.1 Å². The predicted octanol–water partition coefficient (Wildman–Crippen LogP) is 3.75. The maximum atomic E-state index is 12.9. The summed E-state index contributed by atoms with van der Waals surface area (Å²) in [6.07, 6.45) is 7.62. The van der Waals surface area contributed by atoms with E-state index in [0.29, 0.717) is 6.73 Å². The van der Waals surface area contributed by atoms with Crippen molar-refractivity contribution < 1.29 is 9.13 Å². The molecule has 21 heavy (non-hydrogen) atoms. The van der Waals surface area contributed by atoms with Gasteiger partial charge >= 0.3 is 0 Å². The van der Waals surface area contributed by atoms with Gasteiger partial charge < -0.3 is 9.64 Å². The molecule has 0 aromatic carbocycles. The Bertz CT molecular complexity index is 520. The molecule has 0 saturated carbocycles. The molecule has 0 atom stereocenters. The Labute approximate surface area is 127 Å². The molecule has 114 valence electrons. The van der Waals surface area contributed by atoms with Crippen molar-refractivity contribution in [3.8, 4) is 0 Å². The zero-order valence-corrected chi connectivity index (χ0v) is 14.0. The molecule has 0 spiro atoms. The molecule has 0 bridgehead atoms. The fourth-order valence-corrected chi connectivity index (χ4v) is 2.76. The van der Waals surface area contributed by atoms with Gasteiger partial charge in [0, 0.05) is 33.6 Å². The highest BCUT2D eigenvalue weighted by Gasteiger charge is 2.13. The van der Waals surface area contributed by atoms with Gasteiger partial charge in [-0.3, -0.25) is 0 Å². The van der Waals surface area contributed by atoms with Crippen LogP contribution >= 0.6 is 0 Å². The van der Waals surface area contributed by atoms with E-state index in [-0.39, 0.29) is 0 Å². The van der Waals surface area contributed by atoms with Crippen LogP contribution in [0.3, 0.4) is 0 Å². The zero-order valence-electron chi connectivity index (χ0n) is 13.0. The van der Waals surface area contributed by atoms with Crippen LogP contribution in [0, 0.1) is 5.95 Å². The maximum absolute atomic E-state index is 12.9. The Morgan fingerprint density at radius 1 is 1.33 bits per heavy atom. The molecular weight excluding hydrogens is 283 g/mol. The maximum Gasteiger partial charge on any atom is 0.212 e. The fraction of sp³-hybridized carbons (Fsp3) is 0.438. The second-order valence-electron chi connectivity index (χ2n) is 6.50. The monoisotopic (exact) mass is 306 g/mol. The van der Waals surface area contributed by atoms with Crippen LogP contribution in [0.5, 0.6) is 0 Å². The van der Waals surface area contributed by atoms with Gasteiger partial charge in [-0.2, -0.15) is 4.39 Å². The van der Waals surface area contributed by atoms with Crippen molar-refractivity contribution in [2.75, 3.05) is 19.9 Å². The van der Waals surface area contributed by atoms with E-state index in [4.69, 9.17) is 4.74 Å². The Morgan fingerprint density at radius 2 is 2.14 bits per heavy atom. The topological polar surface area (TPSA) is 25.4 Å². The van der Waals surface area contributed by atoms with Crippen LogP contribution in [-0.2, 0) is 4.74 Å². The number of halogens is 1. The van der Waals surface area contributed by atoms with Gasteiger partial charge in [0.05, 0.1) is 0 Å². The summed E-state index contributed by atoms with van der Waals surface area (Å²) >= 11 is 0. The number of allylic oxidation sites excluding steroid dienone is 2. The molecule has 2 heterocycles. The highest BCUT2D eigenvalue weighted by molar-refractivity contribution is 6.76. The fourth-order valence-electron chi connectivity index (χ4n) is 2.01. The van der Waals surface area contributed by atoms with E-state index in [2.05, 4.69) is 29.5 Å². The lowest BCUT2D eigenvalue weighted by atomic mass is 10.1.